The monoisotopic (exact) mass is 478 g/mol. The number of carbonyl (C=O) groups is 4. The molecule has 2 atom stereocenters. The average Bonchev–Trinajstić information content (AvgIpc) is 3.50. The molecule has 1 aliphatic rings. The van der Waals surface area contributed by atoms with E-state index in [9.17, 15) is 19.2 Å². The van der Waals surface area contributed by atoms with Crippen LogP contribution >= 0.6 is 11.3 Å². The Labute approximate surface area is 201 Å². The molecule has 0 bridgehead atoms. The minimum atomic E-state index is -0.737. The summed E-state index contributed by atoms with van der Waals surface area (Å²) in [5.74, 6) is -2.06. The molecule has 3 heterocycles. The predicted octanol–water partition coefficient (Wildman–Crippen LogP) is 4.72. The van der Waals surface area contributed by atoms with Crippen molar-refractivity contribution in [3.05, 3.63) is 74.7 Å². The van der Waals surface area contributed by atoms with Crippen molar-refractivity contribution < 1.29 is 23.9 Å². The van der Waals surface area contributed by atoms with E-state index in [1.54, 1.807) is 18.7 Å². The highest BCUT2D eigenvalue weighted by Crippen LogP contribution is 2.43. The van der Waals surface area contributed by atoms with Crippen LogP contribution in [0.1, 0.15) is 61.9 Å². The molecule has 8 heteroatoms. The molecule has 34 heavy (non-hydrogen) atoms. The highest BCUT2D eigenvalue weighted by atomic mass is 32.1. The third-order valence-electron chi connectivity index (χ3n) is 6.19. The fourth-order valence-electron chi connectivity index (χ4n) is 4.61. The van der Waals surface area contributed by atoms with E-state index in [2.05, 4.69) is 4.98 Å². The zero-order valence-electron chi connectivity index (χ0n) is 19.5. The minimum absolute atomic E-state index is 0.00140. The number of Topliss-reactive ketones (excluding diaryl/α,β-unsaturated/α-hetero) is 2. The van der Waals surface area contributed by atoms with Crippen molar-refractivity contribution >= 4 is 40.5 Å². The number of aromatic nitrogens is 1. The maximum atomic E-state index is 13.1. The molecule has 1 amide bonds. The Bertz CT molecular complexity index is 1260. The summed E-state index contributed by atoms with van der Waals surface area (Å²) in [7, 11) is 0. The second kappa shape index (κ2) is 9.38. The van der Waals surface area contributed by atoms with Crippen molar-refractivity contribution in [1.29, 1.82) is 0 Å². The number of ketones is 2. The van der Waals surface area contributed by atoms with Gasteiger partial charge >= 0.3 is 5.97 Å². The van der Waals surface area contributed by atoms with Crippen molar-refractivity contribution in [2.75, 3.05) is 11.5 Å². The van der Waals surface area contributed by atoms with E-state index in [0.717, 1.165) is 16.1 Å². The van der Waals surface area contributed by atoms with Crippen LogP contribution in [-0.2, 0) is 14.3 Å². The molecule has 1 fully saturated rings. The topological polar surface area (TPSA) is 96.5 Å². The van der Waals surface area contributed by atoms with E-state index in [4.69, 9.17) is 4.74 Å². The second-order valence-corrected chi connectivity index (χ2v) is 9.56. The lowest BCUT2D eigenvalue weighted by atomic mass is 9.98. The fourth-order valence-corrected chi connectivity index (χ4v) is 5.49. The molecule has 1 N–H and O–H groups in total. The van der Waals surface area contributed by atoms with E-state index in [1.165, 1.54) is 18.3 Å². The summed E-state index contributed by atoms with van der Waals surface area (Å²) < 4.78 is 5.42. The Morgan fingerprint density at radius 1 is 1.12 bits per heavy atom. The van der Waals surface area contributed by atoms with E-state index in [-0.39, 0.29) is 23.8 Å². The van der Waals surface area contributed by atoms with E-state index < -0.39 is 30.3 Å². The number of benzene rings is 1. The van der Waals surface area contributed by atoms with Crippen LogP contribution in [0, 0.1) is 26.7 Å². The molecule has 0 aliphatic carbocycles. The molecule has 4 rings (SSSR count). The lowest BCUT2D eigenvalue weighted by Gasteiger charge is -2.27. The standard InChI is InChI=1S/C26H26N2O5S/c1-14-7-9-18(10-8-14)28-22(31)12-19(25(28)21-6-5-11-34-21)26(32)33-13-20(30)24-15(2)23(17(4)29)16(3)27-24/h5-11,19,25,27H,12-13H2,1-4H3. The number of thiophene rings is 1. The molecule has 1 aliphatic heterocycles. The Morgan fingerprint density at radius 2 is 1.82 bits per heavy atom. The zero-order valence-corrected chi connectivity index (χ0v) is 20.3. The summed E-state index contributed by atoms with van der Waals surface area (Å²) in [5, 5.41) is 1.90. The lowest BCUT2D eigenvalue weighted by Crippen LogP contribution is -2.31. The molecule has 3 aromatic rings. The first-order valence-corrected chi connectivity index (χ1v) is 11.9. The first kappa shape index (κ1) is 23.6. The molecular weight excluding hydrogens is 452 g/mol. The van der Waals surface area contributed by atoms with Gasteiger partial charge in [0.1, 0.15) is 0 Å². The minimum Gasteiger partial charge on any atom is -0.457 e. The Hall–Kier alpha value is -3.52. The summed E-state index contributed by atoms with van der Waals surface area (Å²) in [6, 6.07) is 10.9. The van der Waals surface area contributed by atoms with Gasteiger partial charge in [0.15, 0.2) is 12.4 Å². The van der Waals surface area contributed by atoms with Gasteiger partial charge < -0.3 is 14.6 Å². The molecule has 176 valence electrons. The third kappa shape index (κ3) is 4.33. The number of hydrogen-bond donors (Lipinski definition) is 1. The van der Waals surface area contributed by atoms with E-state index >= 15 is 0 Å². The zero-order chi connectivity index (χ0) is 24.6. The molecule has 0 spiro atoms. The Morgan fingerprint density at radius 3 is 2.41 bits per heavy atom. The van der Waals surface area contributed by atoms with Crippen molar-refractivity contribution in [3.63, 3.8) is 0 Å². The second-order valence-electron chi connectivity index (χ2n) is 8.58. The Kier molecular flexibility index (Phi) is 6.52. The number of amides is 1. The van der Waals surface area contributed by atoms with Crippen LogP contribution in [0.4, 0.5) is 5.69 Å². The number of esters is 1. The number of aromatic amines is 1. The van der Waals surface area contributed by atoms with Crippen molar-refractivity contribution in [3.8, 4) is 0 Å². The van der Waals surface area contributed by atoms with Gasteiger partial charge in [0, 0.05) is 28.2 Å². The number of carbonyl (C=O) groups excluding carboxylic acids is 4. The van der Waals surface area contributed by atoms with Crippen LogP contribution in [-0.4, -0.2) is 35.0 Å². The molecule has 2 unspecified atom stereocenters. The normalized spacial score (nSPS) is 17.8. The summed E-state index contributed by atoms with van der Waals surface area (Å²) >= 11 is 1.47. The van der Waals surface area contributed by atoms with Gasteiger partial charge in [0.05, 0.1) is 17.7 Å². The molecular formula is C26H26N2O5S. The summed E-state index contributed by atoms with van der Waals surface area (Å²) in [6.07, 6.45) is -0.00140. The molecule has 7 nitrogen and oxygen atoms in total. The maximum Gasteiger partial charge on any atom is 0.312 e. The highest BCUT2D eigenvalue weighted by Gasteiger charge is 2.46. The van der Waals surface area contributed by atoms with Crippen LogP contribution in [0.15, 0.2) is 41.8 Å². The van der Waals surface area contributed by atoms with Crippen LogP contribution in [0.2, 0.25) is 0 Å². The number of nitrogens with one attached hydrogen (secondary N) is 1. The van der Waals surface area contributed by atoms with Crippen LogP contribution in [0.3, 0.4) is 0 Å². The van der Waals surface area contributed by atoms with Crippen molar-refractivity contribution in [1.82, 2.24) is 4.98 Å². The first-order valence-electron chi connectivity index (χ1n) is 11.0. The van der Waals surface area contributed by atoms with E-state index in [1.807, 2.05) is 48.7 Å². The number of aryl methyl sites for hydroxylation is 2. The third-order valence-corrected chi connectivity index (χ3v) is 7.13. The number of rotatable bonds is 7. The van der Waals surface area contributed by atoms with Gasteiger partial charge in [-0.05, 0) is 56.8 Å². The van der Waals surface area contributed by atoms with E-state index in [0.29, 0.717) is 16.8 Å². The van der Waals surface area contributed by atoms with Gasteiger partial charge in [0.2, 0.25) is 11.7 Å². The van der Waals surface area contributed by atoms with Crippen LogP contribution in [0.25, 0.3) is 0 Å². The molecule has 0 radical (unpaired) electrons. The van der Waals surface area contributed by atoms with Crippen LogP contribution < -0.4 is 4.90 Å². The quantitative estimate of drug-likeness (QED) is 0.391. The van der Waals surface area contributed by atoms with Gasteiger partial charge in [0.25, 0.3) is 0 Å². The van der Waals surface area contributed by atoms with Gasteiger partial charge in [-0.1, -0.05) is 23.8 Å². The molecule has 1 saturated heterocycles. The maximum absolute atomic E-state index is 13.1. The summed E-state index contributed by atoms with van der Waals surface area (Å²) in [5.41, 5.74) is 3.67. The SMILES string of the molecule is CC(=O)c1c(C)[nH]c(C(=O)COC(=O)C2CC(=O)N(c3ccc(C)cc3)C2c2cccs2)c1C. The largest absolute Gasteiger partial charge is 0.457 e. The number of hydrogen-bond acceptors (Lipinski definition) is 6. The van der Waals surface area contributed by atoms with Crippen LogP contribution in [0.5, 0.6) is 0 Å². The van der Waals surface area contributed by atoms with Crippen molar-refractivity contribution in [2.45, 2.75) is 40.2 Å². The number of H-pyrrole nitrogens is 1. The predicted molar refractivity (Wildman–Crippen MR) is 129 cm³/mol. The summed E-state index contributed by atoms with van der Waals surface area (Å²) in [6.45, 7) is 6.36. The van der Waals surface area contributed by atoms with Gasteiger partial charge in [-0.15, -0.1) is 11.3 Å². The lowest BCUT2D eigenvalue weighted by molar-refractivity contribution is -0.148. The Balaban J connectivity index is 1.55. The number of nitrogens with zero attached hydrogens (tertiary/aromatic N) is 1. The van der Waals surface area contributed by atoms with Gasteiger partial charge in [-0.3, -0.25) is 19.2 Å². The fraction of sp³-hybridized carbons (Fsp3) is 0.308. The molecule has 1 aromatic carbocycles. The van der Waals surface area contributed by atoms with Gasteiger partial charge in [-0.2, -0.15) is 0 Å². The summed E-state index contributed by atoms with van der Waals surface area (Å²) in [4.78, 5) is 56.2. The number of ether oxygens (including phenoxy) is 1. The number of anilines is 1. The average molecular weight is 479 g/mol. The van der Waals surface area contributed by atoms with Crippen molar-refractivity contribution in [2.24, 2.45) is 5.92 Å². The van der Waals surface area contributed by atoms with Gasteiger partial charge in [-0.25, -0.2) is 0 Å². The first-order chi connectivity index (χ1) is 16.2. The smallest absolute Gasteiger partial charge is 0.312 e. The molecule has 0 saturated carbocycles. The highest BCUT2D eigenvalue weighted by molar-refractivity contribution is 7.10. The molecule has 2 aromatic heterocycles.